The average Bonchev–Trinajstić information content (AvgIpc) is 3.16. The van der Waals surface area contributed by atoms with Crippen LogP contribution >= 0.6 is 11.3 Å². The van der Waals surface area contributed by atoms with Crippen LogP contribution in [0.15, 0.2) is 32.5 Å². The van der Waals surface area contributed by atoms with Crippen molar-refractivity contribution in [2.75, 3.05) is 31.0 Å². The highest BCUT2D eigenvalue weighted by atomic mass is 32.1. The van der Waals surface area contributed by atoms with E-state index in [1.54, 1.807) is 13.0 Å². The molecule has 2 aromatic heterocycles. The largest absolute Gasteiger partial charge is 0.488 e. The highest BCUT2D eigenvalue weighted by Gasteiger charge is 2.29. The average molecular weight is 465 g/mol. The van der Waals surface area contributed by atoms with Crippen LogP contribution in [0.3, 0.4) is 0 Å². The van der Waals surface area contributed by atoms with Gasteiger partial charge in [0.15, 0.2) is 11.5 Å². The van der Waals surface area contributed by atoms with Gasteiger partial charge < -0.3 is 29.7 Å². The molecule has 0 aromatic carbocycles. The van der Waals surface area contributed by atoms with E-state index in [0.29, 0.717) is 24.1 Å². The topological polar surface area (TPSA) is 163 Å². The van der Waals surface area contributed by atoms with Crippen molar-refractivity contribution in [3.05, 3.63) is 34.5 Å². The Bertz CT molecular complexity index is 1080. The summed E-state index contributed by atoms with van der Waals surface area (Å²) in [7, 11) is 1.33. The molecule has 3 rings (SSSR count). The second-order valence-electron chi connectivity index (χ2n) is 7.16. The van der Waals surface area contributed by atoms with Gasteiger partial charge in [0.25, 0.3) is 5.91 Å². The monoisotopic (exact) mass is 464 g/mol. The first-order valence-electron chi connectivity index (χ1n) is 9.56. The normalized spacial score (nSPS) is 16.8. The highest BCUT2D eigenvalue weighted by Crippen LogP contribution is 2.27. The summed E-state index contributed by atoms with van der Waals surface area (Å²) in [6.45, 7) is 6.04. The third-order valence-electron chi connectivity index (χ3n) is 4.20. The van der Waals surface area contributed by atoms with Crippen molar-refractivity contribution in [2.45, 2.75) is 32.6 Å². The standard InChI is InChI=1S/C19H24N6O6S/c1-10(5-6-20)21-17-24-25-18(32-17)23-15(26)13-7-12(14(28-4)16(27)31-13)22-11-8-29-19(2,3)30-9-11/h5-7,11,22H,8-9,20H2,1-4H3,(H,23,25,26). The second-order valence-corrected chi connectivity index (χ2v) is 8.12. The maximum atomic E-state index is 12.6. The molecule has 13 heteroatoms. The predicted molar refractivity (Wildman–Crippen MR) is 119 cm³/mol. The van der Waals surface area contributed by atoms with Crippen LogP contribution in [-0.2, 0) is 9.47 Å². The van der Waals surface area contributed by atoms with E-state index in [1.807, 2.05) is 13.8 Å². The van der Waals surface area contributed by atoms with Gasteiger partial charge in [-0.3, -0.25) is 10.1 Å². The van der Waals surface area contributed by atoms with Crippen LogP contribution in [0.25, 0.3) is 0 Å². The Balaban J connectivity index is 1.76. The van der Waals surface area contributed by atoms with Crippen molar-refractivity contribution < 1.29 is 23.4 Å². The van der Waals surface area contributed by atoms with E-state index in [0.717, 1.165) is 11.3 Å². The fraction of sp³-hybridized carbons (Fsp3) is 0.421. The third kappa shape index (κ3) is 5.90. The number of hydrogen-bond donors (Lipinski definition) is 3. The zero-order valence-electron chi connectivity index (χ0n) is 18.0. The second kappa shape index (κ2) is 9.89. The first-order valence-corrected chi connectivity index (χ1v) is 10.4. The maximum absolute atomic E-state index is 12.6. The number of ether oxygens (including phenoxy) is 3. The number of methoxy groups -OCH3 is 1. The lowest BCUT2D eigenvalue weighted by atomic mass is 10.2. The van der Waals surface area contributed by atoms with Crippen LogP contribution in [0, 0.1) is 0 Å². The molecule has 1 fully saturated rings. The zero-order chi connectivity index (χ0) is 23.3. The minimum Gasteiger partial charge on any atom is -0.488 e. The number of hydrogen-bond acceptors (Lipinski definition) is 12. The summed E-state index contributed by atoms with van der Waals surface area (Å²) >= 11 is 1.04. The smallest absolute Gasteiger partial charge is 0.381 e. The van der Waals surface area contributed by atoms with Crippen molar-refractivity contribution in [3.63, 3.8) is 0 Å². The number of nitrogens with zero attached hydrogens (tertiary/aromatic N) is 3. The molecule has 0 radical (unpaired) electrons. The van der Waals surface area contributed by atoms with Crippen LogP contribution in [-0.4, -0.2) is 54.0 Å². The van der Waals surface area contributed by atoms with E-state index in [-0.39, 0.29) is 28.4 Å². The lowest BCUT2D eigenvalue weighted by molar-refractivity contribution is -0.247. The van der Waals surface area contributed by atoms with Crippen LogP contribution in [0.4, 0.5) is 16.0 Å². The van der Waals surface area contributed by atoms with Crippen molar-refractivity contribution >= 4 is 38.9 Å². The van der Waals surface area contributed by atoms with Gasteiger partial charge in [-0.25, -0.2) is 9.79 Å². The van der Waals surface area contributed by atoms with Crippen molar-refractivity contribution in [1.82, 2.24) is 10.2 Å². The Labute approximate surface area is 187 Å². The molecule has 2 aromatic rings. The van der Waals surface area contributed by atoms with Crippen molar-refractivity contribution in [2.24, 2.45) is 10.7 Å². The first kappa shape index (κ1) is 23.4. The number of aromatic nitrogens is 2. The van der Waals surface area contributed by atoms with Gasteiger partial charge in [0.2, 0.25) is 16.0 Å². The third-order valence-corrected chi connectivity index (χ3v) is 4.94. The molecular formula is C19H24N6O6S. The Kier molecular flexibility index (Phi) is 7.22. The summed E-state index contributed by atoms with van der Waals surface area (Å²) in [5.74, 6) is -1.68. The number of amides is 1. The van der Waals surface area contributed by atoms with Gasteiger partial charge in [-0.1, -0.05) is 11.3 Å². The number of aliphatic imine (C=N–C) groups is 1. The predicted octanol–water partition coefficient (Wildman–Crippen LogP) is 1.88. The van der Waals surface area contributed by atoms with Crippen molar-refractivity contribution in [3.8, 4) is 5.75 Å². The minimum absolute atomic E-state index is 0.0673. The minimum atomic E-state index is -0.813. The summed E-state index contributed by atoms with van der Waals surface area (Å²) in [5.41, 5.74) is 5.41. The Hall–Kier alpha value is -3.29. The van der Waals surface area contributed by atoms with Gasteiger partial charge in [-0.2, -0.15) is 0 Å². The molecule has 172 valence electrons. The van der Waals surface area contributed by atoms with Gasteiger partial charge in [0, 0.05) is 11.8 Å². The molecule has 1 saturated heterocycles. The highest BCUT2D eigenvalue weighted by molar-refractivity contribution is 7.18. The molecule has 3 heterocycles. The summed E-state index contributed by atoms with van der Waals surface area (Å²) in [4.78, 5) is 29.2. The summed E-state index contributed by atoms with van der Waals surface area (Å²) in [5, 5.41) is 13.9. The van der Waals surface area contributed by atoms with Gasteiger partial charge in [0.1, 0.15) is 0 Å². The van der Waals surface area contributed by atoms with Gasteiger partial charge >= 0.3 is 5.63 Å². The molecule has 0 unspecified atom stereocenters. The molecule has 4 N–H and O–H groups in total. The van der Waals surface area contributed by atoms with E-state index < -0.39 is 17.3 Å². The molecule has 0 bridgehead atoms. The van der Waals surface area contributed by atoms with Gasteiger partial charge in [-0.15, -0.1) is 10.2 Å². The molecule has 0 saturated carbocycles. The Morgan fingerprint density at radius 1 is 1.38 bits per heavy atom. The number of allylic oxidation sites excluding steroid dienone is 1. The fourth-order valence-electron chi connectivity index (χ4n) is 2.69. The lowest BCUT2D eigenvalue weighted by Gasteiger charge is -2.35. The van der Waals surface area contributed by atoms with Gasteiger partial charge in [-0.05, 0) is 33.0 Å². The van der Waals surface area contributed by atoms with Crippen LogP contribution < -0.4 is 26.7 Å². The molecule has 1 aliphatic heterocycles. The quantitative estimate of drug-likeness (QED) is 0.515. The Morgan fingerprint density at radius 3 is 2.75 bits per heavy atom. The van der Waals surface area contributed by atoms with E-state index in [9.17, 15) is 9.59 Å². The lowest BCUT2D eigenvalue weighted by Crippen LogP contribution is -2.45. The van der Waals surface area contributed by atoms with E-state index in [2.05, 4.69) is 25.8 Å². The summed E-state index contributed by atoms with van der Waals surface area (Å²) in [6.07, 6.45) is 2.95. The SMILES string of the molecule is COc1c(NC2COC(C)(C)OC2)cc(C(=O)Nc2nnc(N=C(C)C=CN)s2)oc1=O. The van der Waals surface area contributed by atoms with Crippen LogP contribution in [0.1, 0.15) is 31.3 Å². The van der Waals surface area contributed by atoms with E-state index in [4.69, 9.17) is 24.4 Å². The van der Waals surface area contributed by atoms with Crippen LogP contribution in [0.5, 0.6) is 5.75 Å². The van der Waals surface area contributed by atoms with E-state index in [1.165, 1.54) is 19.4 Å². The fourth-order valence-corrected chi connectivity index (χ4v) is 3.36. The molecule has 0 aliphatic carbocycles. The van der Waals surface area contributed by atoms with Gasteiger partial charge in [0.05, 0.1) is 32.1 Å². The number of nitrogens with two attached hydrogens (primary N) is 1. The van der Waals surface area contributed by atoms with E-state index >= 15 is 0 Å². The number of carbonyl (C=O) groups is 1. The molecule has 12 nitrogen and oxygen atoms in total. The summed E-state index contributed by atoms with van der Waals surface area (Å²) in [6, 6.07) is 1.11. The molecule has 1 aliphatic rings. The number of nitrogens with one attached hydrogen (secondary N) is 2. The molecule has 0 spiro atoms. The zero-order valence-corrected chi connectivity index (χ0v) is 18.8. The molecular weight excluding hydrogens is 440 g/mol. The Morgan fingerprint density at radius 2 is 2.09 bits per heavy atom. The first-order chi connectivity index (χ1) is 15.2. The number of rotatable bonds is 7. The number of anilines is 2. The van der Waals surface area contributed by atoms with Crippen molar-refractivity contribution in [1.29, 1.82) is 0 Å². The maximum Gasteiger partial charge on any atom is 0.381 e. The molecule has 0 atom stereocenters. The molecule has 32 heavy (non-hydrogen) atoms. The number of carbonyl (C=O) groups excluding carboxylic acids is 1. The van der Waals surface area contributed by atoms with Crippen LogP contribution in [0.2, 0.25) is 0 Å². The molecule has 1 amide bonds. The summed E-state index contributed by atoms with van der Waals surface area (Å²) < 4.78 is 21.5.